The second-order valence-corrected chi connectivity index (χ2v) is 7.08. The summed E-state index contributed by atoms with van der Waals surface area (Å²) in [5.74, 6) is 1.16. The van der Waals surface area contributed by atoms with E-state index in [4.69, 9.17) is 4.74 Å². The molecule has 0 aliphatic carbocycles. The molecule has 3 aromatic carbocycles. The zero-order chi connectivity index (χ0) is 21.3. The molecule has 152 valence electrons. The SMILES string of the molecule is c1cc(Oc2nccnn2)cc(-c2ccc3c4ccccc4n(-c4nccnn4)c3c2)c1. The van der Waals surface area contributed by atoms with Gasteiger partial charge in [0.05, 0.1) is 35.8 Å². The summed E-state index contributed by atoms with van der Waals surface area (Å²) in [6.07, 6.45) is 6.26. The normalized spacial score (nSPS) is 11.1. The van der Waals surface area contributed by atoms with Crippen LogP contribution in [-0.2, 0) is 0 Å². The number of rotatable bonds is 4. The molecule has 3 heterocycles. The van der Waals surface area contributed by atoms with Crippen LogP contribution in [0.3, 0.4) is 0 Å². The first kappa shape index (κ1) is 18.1. The lowest BCUT2D eigenvalue weighted by Crippen LogP contribution is -2.01. The van der Waals surface area contributed by atoms with Gasteiger partial charge in [0.15, 0.2) is 0 Å². The van der Waals surface area contributed by atoms with Crippen LogP contribution in [-0.4, -0.2) is 34.9 Å². The van der Waals surface area contributed by atoms with E-state index >= 15 is 0 Å². The third kappa shape index (κ3) is 3.10. The standard InChI is InChI=1S/C24H15N7O/c1-2-7-21-19(6-1)20-9-8-17(15-22(20)31(21)23-25-10-12-27-29-23)16-4-3-5-18(14-16)32-24-26-11-13-28-30-24/h1-15H. The molecule has 6 aromatic rings. The fourth-order valence-corrected chi connectivity index (χ4v) is 3.84. The molecule has 0 spiro atoms. The van der Waals surface area contributed by atoms with Gasteiger partial charge < -0.3 is 4.74 Å². The van der Waals surface area contributed by atoms with Crippen molar-refractivity contribution in [3.63, 3.8) is 0 Å². The quantitative estimate of drug-likeness (QED) is 0.413. The number of ether oxygens (including phenoxy) is 1. The zero-order valence-corrected chi connectivity index (χ0v) is 16.7. The van der Waals surface area contributed by atoms with Gasteiger partial charge in [-0.3, -0.25) is 4.57 Å². The molecule has 0 radical (unpaired) electrons. The molecule has 3 aromatic heterocycles. The highest BCUT2D eigenvalue weighted by Crippen LogP contribution is 2.34. The van der Waals surface area contributed by atoms with Crippen molar-refractivity contribution in [1.82, 2.24) is 34.9 Å². The molecule has 8 heteroatoms. The van der Waals surface area contributed by atoms with Crippen LogP contribution in [0.25, 0.3) is 38.9 Å². The Kier molecular flexibility index (Phi) is 4.25. The van der Waals surface area contributed by atoms with E-state index in [1.807, 2.05) is 41.0 Å². The van der Waals surface area contributed by atoms with Gasteiger partial charge in [-0.25, -0.2) is 9.97 Å². The first-order valence-electron chi connectivity index (χ1n) is 9.96. The minimum atomic E-state index is 0.203. The van der Waals surface area contributed by atoms with Crippen LogP contribution in [0, 0.1) is 0 Å². The minimum absolute atomic E-state index is 0.203. The van der Waals surface area contributed by atoms with Crippen molar-refractivity contribution in [2.24, 2.45) is 0 Å². The van der Waals surface area contributed by atoms with Crippen molar-refractivity contribution >= 4 is 21.8 Å². The summed E-state index contributed by atoms with van der Waals surface area (Å²) in [4.78, 5) is 8.50. The van der Waals surface area contributed by atoms with Crippen LogP contribution in [0.1, 0.15) is 0 Å². The van der Waals surface area contributed by atoms with Gasteiger partial charge in [-0.1, -0.05) is 47.6 Å². The fourth-order valence-electron chi connectivity index (χ4n) is 3.84. The number of benzene rings is 3. The number of hydrogen-bond acceptors (Lipinski definition) is 7. The summed E-state index contributed by atoms with van der Waals surface area (Å²) < 4.78 is 7.78. The van der Waals surface area contributed by atoms with Gasteiger partial charge >= 0.3 is 6.01 Å². The third-order valence-corrected chi connectivity index (χ3v) is 5.18. The van der Waals surface area contributed by atoms with E-state index in [1.165, 1.54) is 6.20 Å². The summed E-state index contributed by atoms with van der Waals surface area (Å²) >= 11 is 0. The van der Waals surface area contributed by atoms with Gasteiger partial charge in [0.1, 0.15) is 5.75 Å². The predicted molar refractivity (Wildman–Crippen MR) is 120 cm³/mol. The van der Waals surface area contributed by atoms with E-state index < -0.39 is 0 Å². The molecule has 0 bridgehead atoms. The van der Waals surface area contributed by atoms with Gasteiger partial charge in [0.25, 0.3) is 5.95 Å². The summed E-state index contributed by atoms with van der Waals surface area (Å²) in [6, 6.07) is 22.5. The van der Waals surface area contributed by atoms with E-state index in [1.54, 1.807) is 18.6 Å². The van der Waals surface area contributed by atoms with E-state index in [0.717, 1.165) is 32.9 Å². The van der Waals surface area contributed by atoms with Crippen molar-refractivity contribution in [2.75, 3.05) is 0 Å². The van der Waals surface area contributed by atoms with Crippen molar-refractivity contribution in [2.45, 2.75) is 0 Å². The minimum Gasteiger partial charge on any atom is -0.423 e. The average molecular weight is 417 g/mol. The van der Waals surface area contributed by atoms with E-state index in [9.17, 15) is 0 Å². The van der Waals surface area contributed by atoms with Gasteiger partial charge in [0.2, 0.25) is 0 Å². The predicted octanol–water partition coefficient (Wildman–Crippen LogP) is 4.61. The monoisotopic (exact) mass is 417 g/mol. The molecule has 32 heavy (non-hydrogen) atoms. The van der Waals surface area contributed by atoms with Crippen molar-refractivity contribution in [3.8, 4) is 28.8 Å². The van der Waals surface area contributed by atoms with Gasteiger partial charge in [-0.2, -0.15) is 10.2 Å². The topological polar surface area (TPSA) is 91.5 Å². The maximum Gasteiger partial charge on any atom is 0.341 e. The molecule has 0 N–H and O–H groups in total. The maximum absolute atomic E-state index is 5.75. The zero-order valence-electron chi connectivity index (χ0n) is 16.7. The summed E-state index contributed by atoms with van der Waals surface area (Å²) in [5.41, 5.74) is 4.05. The number of nitrogens with zero attached hydrogens (tertiary/aromatic N) is 7. The first-order chi connectivity index (χ1) is 15.9. The van der Waals surface area contributed by atoms with Gasteiger partial charge in [0, 0.05) is 10.8 Å². The van der Waals surface area contributed by atoms with Gasteiger partial charge in [-0.15, -0.1) is 5.10 Å². The number of aromatic nitrogens is 7. The van der Waals surface area contributed by atoms with E-state index in [2.05, 4.69) is 60.7 Å². The lowest BCUT2D eigenvalue weighted by molar-refractivity contribution is 0.433. The Bertz CT molecular complexity index is 1550. The molecule has 0 aliphatic rings. The summed E-state index contributed by atoms with van der Waals surface area (Å²) in [6.45, 7) is 0. The van der Waals surface area contributed by atoms with Crippen LogP contribution >= 0.6 is 0 Å². The molecule has 8 nitrogen and oxygen atoms in total. The molecular formula is C24H15N7O. The number of para-hydroxylation sites is 1. The Morgan fingerprint density at radius 3 is 2.28 bits per heavy atom. The Morgan fingerprint density at radius 2 is 1.44 bits per heavy atom. The molecule has 0 atom stereocenters. The molecule has 0 amide bonds. The molecular weight excluding hydrogens is 402 g/mol. The highest BCUT2D eigenvalue weighted by atomic mass is 16.5. The third-order valence-electron chi connectivity index (χ3n) is 5.18. The largest absolute Gasteiger partial charge is 0.423 e. The Morgan fingerprint density at radius 1 is 0.625 bits per heavy atom. The van der Waals surface area contributed by atoms with Crippen LogP contribution in [0.4, 0.5) is 0 Å². The number of hydrogen-bond donors (Lipinski definition) is 0. The first-order valence-corrected chi connectivity index (χ1v) is 9.96. The van der Waals surface area contributed by atoms with Crippen molar-refractivity contribution in [3.05, 3.63) is 91.5 Å². The fraction of sp³-hybridized carbons (Fsp3) is 0. The average Bonchev–Trinajstić information content (AvgIpc) is 3.19. The molecule has 0 unspecified atom stereocenters. The summed E-state index contributed by atoms with van der Waals surface area (Å²) in [5, 5.41) is 18.2. The van der Waals surface area contributed by atoms with Crippen molar-refractivity contribution < 1.29 is 4.74 Å². The second kappa shape index (κ2) is 7.51. The summed E-state index contributed by atoms with van der Waals surface area (Å²) in [7, 11) is 0. The molecule has 0 fully saturated rings. The van der Waals surface area contributed by atoms with Crippen molar-refractivity contribution in [1.29, 1.82) is 0 Å². The lowest BCUT2D eigenvalue weighted by Gasteiger charge is -2.08. The lowest BCUT2D eigenvalue weighted by atomic mass is 10.0. The molecule has 6 rings (SSSR count). The Balaban J connectivity index is 1.50. The van der Waals surface area contributed by atoms with Crippen LogP contribution in [0.15, 0.2) is 91.5 Å². The second-order valence-electron chi connectivity index (χ2n) is 7.08. The molecule has 0 saturated heterocycles. The Hall–Kier alpha value is -4.72. The van der Waals surface area contributed by atoms with E-state index in [0.29, 0.717) is 11.7 Å². The highest BCUT2D eigenvalue weighted by molar-refractivity contribution is 6.09. The molecule has 0 saturated carbocycles. The van der Waals surface area contributed by atoms with Crippen LogP contribution in [0.5, 0.6) is 11.8 Å². The maximum atomic E-state index is 5.75. The molecule has 0 aliphatic heterocycles. The van der Waals surface area contributed by atoms with Crippen LogP contribution in [0.2, 0.25) is 0 Å². The van der Waals surface area contributed by atoms with E-state index in [-0.39, 0.29) is 6.01 Å². The van der Waals surface area contributed by atoms with Gasteiger partial charge in [-0.05, 0) is 35.4 Å². The smallest absolute Gasteiger partial charge is 0.341 e. The number of fused-ring (bicyclic) bond motifs is 3. The Labute approximate surface area is 182 Å². The highest BCUT2D eigenvalue weighted by Gasteiger charge is 2.15. The van der Waals surface area contributed by atoms with Crippen LogP contribution < -0.4 is 4.74 Å².